The third kappa shape index (κ3) is 4.53. The predicted octanol–water partition coefficient (Wildman–Crippen LogP) is 3.55. The van der Waals surface area contributed by atoms with Crippen LogP contribution in [0.3, 0.4) is 0 Å². The lowest BCUT2D eigenvalue weighted by atomic mass is 10.1. The topological polar surface area (TPSA) is 55.1 Å². The van der Waals surface area contributed by atoms with Crippen molar-refractivity contribution in [2.75, 3.05) is 11.5 Å². The quantitative estimate of drug-likeness (QED) is 0.656. The second-order valence-electron chi connectivity index (χ2n) is 5.03. The van der Waals surface area contributed by atoms with Gasteiger partial charge in [-0.3, -0.25) is 4.79 Å². The zero-order valence-corrected chi connectivity index (χ0v) is 13.1. The van der Waals surface area contributed by atoms with E-state index >= 15 is 0 Å². The lowest BCUT2D eigenvalue weighted by molar-refractivity contribution is -0.119. The van der Waals surface area contributed by atoms with Crippen molar-refractivity contribution in [3.05, 3.63) is 59.7 Å². The number of benzene rings is 2. The number of nitrogen functional groups attached to an aromatic ring is 1. The number of hydrogen-bond acceptors (Lipinski definition) is 3. The molecule has 1 atom stereocenters. The highest BCUT2D eigenvalue weighted by atomic mass is 32.2. The van der Waals surface area contributed by atoms with Crippen LogP contribution in [-0.4, -0.2) is 11.7 Å². The van der Waals surface area contributed by atoms with Crippen molar-refractivity contribution in [2.24, 2.45) is 0 Å². The first-order valence-corrected chi connectivity index (χ1v) is 7.88. The van der Waals surface area contributed by atoms with Gasteiger partial charge in [0.05, 0.1) is 11.8 Å². The van der Waals surface area contributed by atoms with Crippen molar-refractivity contribution in [2.45, 2.75) is 24.8 Å². The SMILES string of the molecule is Cc1ccc(SCC(=O)NC(C)c2ccccc2)c(N)c1. The summed E-state index contributed by atoms with van der Waals surface area (Å²) < 4.78 is 0. The van der Waals surface area contributed by atoms with Gasteiger partial charge in [0.2, 0.25) is 5.91 Å². The Balaban J connectivity index is 1.87. The fourth-order valence-electron chi connectivity index (χ4n) is 2.05. The Labute approximate surface area is 129 Å². The van der Waals surface area contributed by atoms with Crippen molar-refractivity contribution in [1.29, 1.82) is 0 Å². The van der Waals surface area contributed by atoms with Crippen LogP contribution in [0.4, 0.5) is 5.69 Å². The number of carbonyl (C=O) groups is 1. The van der Waals surface area contributed by atoms with E-state index < -0.39 is 0 Å². The van der Waals surface area contributed by atoms with E-state index in [0.29, 0.717) is 5.75 Å². The Morgan fingerprint density at radius 1 is 1.24 bits per heavy atom. The van der Waals surface area contributed by atoms with E-state index in [2.05, 4.69) is 5.32 Å². The van der Waals surface area contributed by atoms with Crippen LogP contribution in [0.15, 0.2) is 53.4 Å². The zero-order chi connectivity index (χ0) is 15.2. The maximum atomic E-state index is 12.0. The molecular formula is C17H20N2OS. The molecule has 2 rings (SSSR count). The molecule has 3 nitrogen and oxygen atoms in total. The fourth-order valence-corrected chi connectivity index (χ4v) is 2.81. The minimum atomic E-state index is 0.00895. The molecule has 2 aromatic carbocycles. The molecule has 0 radical (unpaired) electrons. The summed E-state index contributed by atoms with van der Waals surface area (Å²) in [5.41, 5.74) is 8.90. The number of thioether (sulfide) groups is 1. The molecule has 1 amide bonds. The van der Waals surface area contributed by atoms with Gasteiger partial charge in [0.15, 0.2) is 0 Å². The van der Waals surface area contributed by atoms with Gasteiger partial charge in [0.1, 0.15) is 0 Å². The smallest absolute Gasteiger partial charge is 0.230 e. The number of aryl methyl sites for hydroxylation is 1. The van der Waals surface area contributed by atoms with Gasteiger partial charge in [-0.2, -0.15) is 0 Å². The van der Waals surface area contributed by atoms with Crippen LogP contribution in [0.2, 0.25) is 0 Å². The first-order chi connectivity index (χ1) is 10.1. The number of amides is 1. The standard InChI is InChI=1S/C17H20N2OS/c1-12-8-9-16(15(18)10-12)21-11-17(20)19-13(2)14-6-4-3-5-7-14/h3-10,13H,11,18H2,1-2H3,(H,19,20). The number of nitrogens with two attached hydrogens (primary N) is 1. The Kier molecular flexibility index (Phi) is 5.28. The number of nitrogens with one attached hydrogen (secondary N) is 1. The molecular weight excluding hydrogens is 280 g/mol. The van der Waals surface area contributed by atoms with E-state index in [9.17, 15) is 4.79 Å². The minimum Gasteiger partial charge on any atom is -0.398 e. The monoisotopic (exact) mass is 300 g/mol. The van der Waals surface area contributed by atoms with Crippen LogP contribution in [0.5, 0.6) is 0 Å². The predicted molar refractivity (Wildman–Crippen MR) is 89.3 cm³/mol. The van der Waals surface area contributed by atoms with Gasteiger partial charge in [-0.15, -0.1) is 11.8 Å². The number of carbonyl (C=O) groups excluding carboxylic acids is 1. The zero-order valence-electron chi connectivity index (χ0n) is 12.3. The van der Waals surface area contributed by atoms with Gasteiger partial charge in [-0.1, -0.05) is 36.4 Å². The van der Waals surface area contributed by atoms with E-state index in [0.717, 1.165) is 21.7 Å². The maximum absolute atomic E-state index is 12.0. The van der Waals surface area contributed by atoms with Gasteiger partial charge in [-0.25, -0.2) is 0 Å². The number of rotatable bonds is 5. The summed E-state index contributed by atoms with van der Waals surface area (Å²) in [7, 11) is 0. The molecule has 1 unspecified atom stereocenters. The third-order valence-corrected chi connectivity index (χ3v) is 4.29. The number of hydrogen-bond donors (Lipinski definition) is 2. The molecule has 0 saturated heterocycles. The Morgan fingerprint density at radius 3 is 2.62 bits per heavy atom. The average Bonchev–Trinajstić information content (AvgIpc) is 2.47. The minimum absolute atomic E-state index is 0.00895. The lowest BCUT2D eigenvalue weighted by Gasteiger charge is -2.14. The fraction of sp³-hybridized carbons (Fsp3) is 0.235. The largest absolute Gasteiger partial charge is 0.398 e. The highest BCUT2D eigenvalue weighted by molar-refractivity contribution is 8.00. The average molecular weight is 300 g/mol. The van der Waals surface area contributed by atoms with E-state index in [4.69, 9.17) is 5.73 Å². The van der Waals surface area contributed by atoms with Gasteiger partial charge in [-0.05, 0) is 37.1 Å². The highest BCUT2D eigenvalue weighted by Crippen LogP contribution is 2.25. The lowest BCUT2D eigenvalue weighted by Crippen LogP contribution is -2.28. The summed E-state index contributed by atoms with van der Waals surface area (Å²) in [4.78, 5) is 13.0. The van der Waals surface area contributed by atoms with Crippen LogP contribution in [-0.2, 0) is 4.79 Å². The Morgan fingerprint density at radius 2 is 1.95 bits per heavy atom. The van der Waals surface area contributed by atoms with E-state index in [-0.39, 0.29) is 11.9 Å². The van der Waals surface area contributed by atoms with Crippen molar-refractivity contribution in [3.8, 4) is 0 Å². The molecule has 0 bridgehead atoms. The van der Waals surface area contributed by atoms with Gasteiger partial charge >= 0.3 is 0 Å². The molecule has 4 heteroatoms. The molecule has 0 aliphatic heterocycles. The van der Waals surface area contributed by atoms with Crippen LogP contribution >= 0.6 is 11.8 Å². The molecule has 0 heterocycles. The van der Waals surface area contributed by atoms with E-state index in [1.54, 1.807) is 0 Å². The normalized spacial score (nSPS) is 11.9. The van der Waals surface area contributed by atoms with Crippen molar-refractivity contribution < 1.29 is 4.79 Å². The molecule has 0 fully saturated rings. The maximum Gasteiger partial charge on any atom is 0.230 e. The van der Waals surface area contributed by atoms with Crippen molar-refractivity contribution in [3.63, 3.8) is 0 Å². The molecule has 0 saturated carbocycles. The Bertz CT molecular complexity index is 613. The summed E-state index contributed by atoms with van der Waals surface area (Å²) in [6.07, 6.45) is 0. The summed E-state index contributed by atoms with van der Waals surface area (Å²) >= 11 is 1.46. The molecule has 3 N–H and O–H groups in total. The summed E-state index contributed by atoms with van der Waals surface area (Å²) in [6.45, 7) is 3.98. The van der Waals surface area contributed by atoms with E-state index in [1.165, 1.54) is 11.8 Å². The van der Waals surface area contributed by atoms with Gasteiger partial charge < -0.3 is 11.1 Å². The van der Waals surface area contributed by atoms with Crippen LogP contribution in [0.1, 0.15) is 24.1 Å². The molecule has 21 heavy (non-hydrogen) atoms. The van der Waals surface area contributed by atoms with Crippen molar-refractivity contribution >= 4 is 23.4 Å². The summed E-state index contributed by atoms with van der Waals surface area (Å²) in [5, 5.41) is 3.00. The third-order valence-electron chi connectivity index (χ3n) is 3.20. The van der Waals surface area contributed by atoms with E-state index in [1.807, 2.05) is 62.4 Å². The summed E-state index contributed by atoms with van der Waals surface area (Å²) in [6, 6.07) is 15.8. The molecule has 110 valence electrons. The molecule has 0 aliphatic rings. The first-order valence-electron chi connectivity index (χ1n) is 6.89. The molecule has 0 spiro atoms. The van der Waals surface area contributed by atoms with Crippen LogP contribution in [0.25, 0.3) is 0 Å². The van der Waals surface area contributed by atoms with Gasteiger partial charge in [0.25, 0.3) is 0 Å². The molecule has 0 aliphatic carbocycles. The van der Waals surface area contributed by atoms with Crippen molar-refractivity contribution in [1.82, 2.24) is 5.32 Å². The molecule has 0 aromatic heterocycles. The van der Waals surface area contributed by atoms with Crippen LogP contribution in [0, 0.1) is 6.92 Å². The summed E-state index contributed by atoms with van der Waals surface area (Å²) in [5.74, 6) is 0.376. The number of anilines is 1. The van der Waals surface area contributed by atoms with Crippen LogP contribution < -0.4 is 11.1 Å². The molecule has 2 aromatic rings. The highest BCUT2D eigenvalue weighted by Gasteiger charge is 2.10. The van der Waals surface area contributed by atoms with Gasteiger partial charge in [0, 0.05) is 10.6 Å². The second-order valence-corrected chi connectivity index (χ2v) is 6.05. The Hall–Kier alpha value is -1.94. The first kappa shape index (κ1) is 15.4. The second kappa shape index (κ2) is 7.18.